The van der Waals surface area contributed by atoms with Gasteiger partial charge in [0.2, 0.25) is 0 Å². The molecule has 1 saturated carbocycles. The number of hydrogen-bond donors (Lipinski definition) is 2. The summed E-state index contributed by atoms with van der Waals surface area (Å²) in [5, 5.41) is 9.05. The molecule has 1 aliphatic rings. The number of carbonyl (C=O) groups is 2. The Morgan fingerprint density at radius 3 is 2.23 bits per heavy atom. The first kappa shape index (κ1) is 23.7. The fourth-order valence-electron chi connectivity index (χ4n) is 3.56. The molecular formula is C24H35N3O3. The van der Waals surface area contributed by atoms with Gasteiger partial charge in [-0.1, -0.05) is 58.3 Å². The van der Waals surface area contributed by atoms with Gasteiger partial charge >= 0.3 is 0 Å². The van der Waals surface area contributed by atoms with Gasteiger partial charge in [-0.15, -0.1) is 0 Å². The van der Waals surface area contributed by atoms with Crippen molar-refractivity contribution in [1.82, 2.24) is 10.9 Å². The summed E-state index contributed by atoms with van der Waals surface area (Å²) >= 11 is 0. The predicted octanol–water partition coefficient (Wildman–Crippen LogP) is 4.83. The van der Waals surface area contributed by atoms with Crippen LogP contribution in [0, 0.1) is 16.7 Å². The Hall–Kier alpha value is -2.55. The van der Waals surface area contributed by atoms with Crippen molar-refractivity contribution in [3.8, 4) is 11.8 Å². The average Bonchev–Trinajstić information content (AvgIpc) is 3.57. The molecule has 1 aromatic carbocycles. The van der Waals surface area contributed by atoms with E-state index in [1.165, 1.54) is 51.4 Å². The molecule has 0 unspecified atom stereocenters. The number of amides is 2. The fourth-order valence-corrected chi connectivity index (χ4v) is 3.56. The molecule has 0 atom stereocenters. The average molecular weight is 414 g/mol. The highest BCUT2D eigenvalue weighted by atomic mass is 16.5. The van der Waals surface area contributed by atoms with E-state index in [1.54, 1.807) is 19.2 Å². The van der Waals surface area contributed by atoms with Gasteiger partial charge in [0.05, 0.1) is 13.2 Å². The lowest BCUT2D eigenvalue weighted by molar-refractivity contribution is -0.125. The summed E-state index contributed by atoms with van der Waals surface area (Å²) in [5.74, 6) is -0.0635. The Labute approximate surface area is 180 Å². The lowest BCUT2D eigenvalue weighted by Gasteiger charge is -2.12. The van der Waals surface area contributed by atoms with Crippen molar-refractivity contribution in [3.63, 3.8) is 0 Å². The number of unbranched alkanes of at least 4 members (excludes halogenated alkanes) is 8. The van der Waals surface area contributed by atoms with Gasteiger partial charge in [-0.25, -0.2) is 0 Å². The van der Waals surface area contributed by atoms with Gasteiger partial charge < -0.3 is 4.74 Å². The van der Waals surface area contributed by atoms with E-state index < -0.39 is 17.2 Å². The molecule has 0 heterocycles. The van der Waals surface area contributed by atoms with Gasteiger partial charge in [-0.2, -0.15) is 5.26 Å². The van der Waals surface area contributed by atoms with Crippen molar-refractivity contribution < 1.29 is 14.3 Å². The van der Waals surface area contributed by atoms with E-state index in [1.807, 2.05) is 12.1 Å². The smallest absolute Gasteiger partial charge is 0.269 e. The second kappa shape index (κ2) is 12.2. The second-order valence-electron chi connectivity index (χ2n) is 8.21. The molecule has 164 valence electrons. The number of ether oxygens (including phenoxy) is 1. The molecule has 0 bridgehead atoms. The third kappa shape index (κ3) is 7.05. The van der Waals surface area contributed by atoms with Crippen molar-refractivity contribution in [3.05, 3.63) is 29.3 Å². The van der Waals surface area contributed by atoms with Gasteiger partial charge in [0.25, 0.3) is 11.8 Å². The standard InChI is InChI=1S/C24H35N3O3/c1-3-4-5-6-7-8-9-10-11-12-19-17-20(13-14-21(19)30-2)22(28)26-27-23(29)24(18-25)15-16-24/h13-14,17H,3-12,15-16H2,1-2H3,(H,26,28)(H,27,29). The molecule has 2 amide bonds. The number of nitrogens with zero attached hydrogens (tertiary/aromatic N) is 1. The van der Waals surface area contributed by atoms with Gasteiger partial charge in [-0.3, -0.25) is 20.4 Å². The van der Waals surface area contributed by atoms with Crippen LogP contribution in [0.3, 0.4) is 0 Å². The molecule has 6 heteroatoms. The summed E-state index contributed by atoms with van der Waals surface area (Å²) in [6.07, 6.45) is 13.3. The lowest BCUT2D eigenvalue weighted by Crippen LogP contribution is -2.45. The van der Waals surface area contributed by atoms with E-state index in [0.29, 0.717) is 18.4 Å². The number of carbonyl (C=O) groups excluding carboxylic acids is 2. The van der Waals surface area contributed by atoms with E-state index in [2.05, 4.69) is 17.8 Å². The molecule has 1 fully saturated rings. The molecular weight excluding hydrogens is 378 g/mol. The summed E-state index contributed by atoms with van der Waals surface area (Å²) in [6.45, 7) is 2.24. The van der Waals surface area contributed by atoms with Crippen LogP contribution < -0.4 is 15.6 Å². The molecule has 0 radical (unpaired) electrons. The maximum Gasteiger partial charge on any atom is 0.269 e. The molecule has 0 saturated heterocycles. The Morgan fingerprint density at radius 1 is 1.03 bits per heavy atom. The maximum atomic E-state index is 12.4. The monoisotopic (exact) mass is 413 g/mol. The first-order valence-electron chi connectivity index (χ1n) is 11.3. The van der Waals surface area contributed by atoms with Gasteiger partial charge in [0.15, 0.2) is 0 Å². The lowest BCUT2D eigenvalue weighted by atomic mass is 10.0. The van der Waals surface area contributed by atoms with Crippen molar-refractivity contribution >= 4 is 11.8 Å². The molecule has 1 aromatic rings. The van der Waals surface area contributed by atoms with Crippen molar-refractivity contribution in [1.29, 1.82) is 5.26 Å². The summed E-state index contributed by atoms with van der Waals surface area (Å²) in [7, 11) is 1.63. The zero-order chi connectivity index (χ0) is 21.8. The highest BCUT2D eigenvalue weighted by molar-refractivity contribution is 5.97. The molecule has 1 aliphatic carbocycles. The topological polar surface area (TPSA) is 91.2 Å². The van der Waals surface area contributed by atoms with Crippen LogP contribution in [0.4, 0.5) is 0 Å². The number of nitrogens with one attached hydrogen (secondary N) is 2. The quantitative estimate of drug-likeness (QED) is 0.358. The van der Waals surface area contributed by atoms with Crippen LogP contribution in [0.2, 0.25) is 0 Å². The number of benzene rings is 1. The fraction of sp³-hybridized carbons (Fsp3) is 0.625. The minimum atomic E-state index is -0.964. The predicted molar refractivity (Wildman–Crippen MR) is 117 cm³/mol. The van der Waals surface area contributed by atoms with Gasteiger partial charge in [0, 0.05) is 5.56 Å². The first-order chi connectivity index (χ1) is 14.6. The number of hydrazine groups is 1. The Kier molecular flexibility index (Phi) is 9.66. The van der Waals surface area contributed by atoms with Crippen LogP contribution in [0.1, 0.15) is 93.5 Å². The zero-order valence-corrected chi connectivity index (χ0v) is 18.4. The summed E-state index contributed by atoms with van der Waals surface area (Å²) in [4.78, 5) is 24.4. The van der Waals surface area contributed by atoms with E-state index in [0.717, 1.165) is 24.2 Å². The van der Waals surface area contributed by atoms with E-state index >= 15 is 0 Å². The zero-order valence-electron chi connectivity index (χ0n) is 18.4. The first-order valence-corrected chi connectivity index (χ1v) is 11.3. The number of nitriles is 1. The molecule has 0 aromatic heterocycles. The van der Waals surface area contributed by atoms with Crippen LogP contribution in [-0.2, 0) is 11.2 Å². The minimum Gasteiger partial charge on any atom is -0.496 e. The van der Waals surface area contributed by atoms with Crippen molar-refractivity contribution in [2.24, 2.45) is 5.41 Å². The third-order valence-corrected chi connectivity index (χ3v) is 5.78. The summed E-state index contributed by atoms with van der Waals surface area (Å²) in [6, 6.07) is 7.30. The summed E-state index contributed by atoms with van der Waals surface area (Å²) < 4.78 is 5.44. The van der Waals surface area contributed by atoms with Gasteiger partial charge in [0.1, 0.15) is 11.2 Å². The van der Waals surface area contributed by atoms with E-state index in [9.17, 15) is 9.59 Å². The van der Waals surface area contributed by atoms with Crippen LogP contribution in [-0.4, -0.2) is 18.9 Å². The number of methoxy groups -OCH3 is 1. The van der Waals surface area contributed by atoms with E-state index in [4.69, 9.17) is 10.00 Å². The van der Waals surface area contributed by atoms with Crippen molar-refractivity contribution in [2.45, 2.75) is 84.0 Å². The molecule has 30 heavy (non-hydrogen) atoms. The number of hydrogen-bond acceptors (Lipinski definition) is 4. The van der Waals surface area contributed by atoms with Crippen LogP contribution in [0.25, 0.3) is 0 Å². The molecule has 0 spiro atoms. The van der Waals surface area contributed by atoms with Crippen molar-refractivity contribution in [2.75, 3.05) is 7.11 Å². The number of aryl methyl sites for hydroxylation is 1. The van der Waals surface area contributed by atoms with Crippen LogP contribution >= 0.6 is 0 Å². The number of rotatable bonds is 13. The summed E-state index contributed by atoms with van der Waals surface area (Å²) in [5.41, 5.74) is 5.29. The largest absolute Gasteiger partial charge is 0.496 e. The molecule has 2 N–H and O–H groups in total. The second-order valence-corrected chi connectivity index (χ2v) is 8.21. The third-order valence-electron chi connectivity index (χ3n) is 5.78. The minimum absolute atomic E-state index is 0.395. The van der Waals surface area contributed by atoms with Crippen LogP contribution in [0.15, 0.2) is 18.2 Å². The normalized spacial score (nSPS) is 13.9. The molecule has 6 nitrogen and oxygen atoms in total. The highest BCUT2D eigenvalue weighted by Crippen LogP contribution is 2.44. The molecule has 0 aliphatic heterocycles. The van der Waals surface area contributed by atoms with Crippen LogP contribution in [0.5, 0.6) is 5.75 Å². The SMILES string of the molecule is CCCCCCCCCCCc1cc(C(=O)NNC(=O)C2(C#N)CC2)ccc1OC. The Morgan fingerprint density at radius 2 is 1.67 bits per heavy atom. The Bertz CT molecular complexity index is 751. The maximum absolute atomic E-state index is 12.4. The Balaban J connectivity index is 1.77. The van der Waals surface area contributed by atoms with Gasteiger partial charge in [-0.05, 0) is 49.4 Å². The molecule has 2 rings (SSSR count). The van der Waals surface area contributed by atoms with E-state index in [-0.39, 0.29) is 0 Å². The highest BCUT2D eigenvalue weighted by Gasteiger charge is 2.50.